The van der Waals surface area contributed by atoms with Crippen LogP contribution in [0.3, 0.4) is 0 Å². The van der Waals surface area contributed by atoms with Crippen molar-refractivity contribution in [2.45, 2.75) is 49.3 Å². The van der Waals surface area contributed by atoms with Crippen molar-refractivity contribution in [2.75, 3.05) is 39.6 Å². The zero-order valence-electron chi connectivity index (χ0n) is 17.6. The molecule has 0 N–H and O–H groups in total. The number of nitrogens with zero attached hydrogens (tertiary/aromatic N) is 2. The van der Waals surface area contributed by atoms with E-state index in [1.165, 1.54) is 23.5 Å². The van der Waals surface area contributed by atoms with Crippen LogP contribution in [0.1, 0.15) is 39.5 Å². The van der Waals surface area contributed by atoms with Gasteiger partial charge in [0.2, 0.25) is 0 Å². The molecule has 1 aliphatic heterocycles. The predicted molar refractivity (Wildman–Crippen MR) is 119 cm³/mol. The highest BCUT2D eigenvalue weighted by Gasteiger charge is 2.28. The van der Waals surface area contributed by atoms with E-state index in [-0.39, 0.29) is 5.57 Å². The van der Waals surface area contributed by atoms with Crippen molar-refractivity contribution in [2.24, 2.45) is 0 Å². The van der Waals surface area contributed by atoms with Crippen molar-refractivity contribution in [1.82, 2.24) is 0 Å². The molecular formula is C22H28N2O4S2. The lowest BCUT2D eigenvalue weighted by Crippen LogP contribution is -2.09. The van der Waals surface area contributed by atoms with E-state index in [0.717, 1.165) is 48.7 Å². The standard InChI is InChI=1S/C22H28N2O4S2/c1-3-5-9-25-11-13-27-18-7-8-19(28-14-12-26-10-6-4-2)21-20(18)29-22(30-21)17(15-23)16-24/h7-8H,3-6,9-14H2,1-2H3. The molecule has 1 aromatic rings. The SMILES string of the molecule is CCCCOCCOc1ccc(OCCOCCCC)c2c1SC(=C(C#N)C#N)S2. The number of hydrogen-bond acceptors (Lipinski definition) is 8. The van der Waals surface area contributed by atoms with Gasteiger partial charge in [0.1, 0.15) is 42.4 Å². The van der Waals surface area contributed by atoms with Crippen LogP contribution < -0.4 is 9.47 Å². The van der Waals surface area contributed by atoms with Crippen molar-refractivity contribution in [3.8, 4) is 23.6 Å². The molecule has 30 heavy (non-hydrogen) atoms. The van der Waals surface area contributed by atoms with Crippen LogP contribution in [0.2, 0.25) is 0 Å². The number of benzene rings is 1. The third-order valence-corrected chi connectivity index (χ3v) is 6.74. The first kappa shape index (κ1) is 24.4. The summed E-state index contributed by atoms with van der Waals surface area (Å²) < 4.78 is 23.6. The minimum absolute atomic E-state index is 0.101. The van der Waals surface area contributed by atoms with Crippen LogP contribution in [0, 0.1) is 22.7 Å². The first-order chi connectivity index (χ1) is 14.7. The van der Waals surface area contributed by atoms with Gasteiger partial charge in [-0.3, -0.25) is 0 Å². The quantitative estimate of drug-likeness (QED) is 0.271. The molecule has 162 valence electrons. The Bertz CT molecular complexity index is 737. The number of unbranched alkanes of at least 4 members (excludes halogenated alkanes) is 2. The molecule has 0 aromatic heterocycles. The van der Waals surface area contributed by atoms with E-state index < -0.39 is 0 Å². The maximum Gasteiger partial charge on any atom is 0.150 e. The summed E-state index contributed by atoms with van der Waals surface area (Å²) in [5.41, 5.74) is 0.101. The number of allylic oxidation sites excluding steroid dienone is 1. The third-order valence-electron chi connectivity index (χ3n) is 4.11. The molecule has 0 amide bonds. The van der Waals surface area contributed by atoms with Crippen molar-refractivity contribution in [3.63, 3.8) is 0 Å². The Morgan fingerprint density at radius 3 is 1.63 bits per heavy atom. The first-order valence-electron chi connectivity index (χ1n) is 10.2. The summed E-state index contributed by atoms with van der Waals surface area (Å²) in [6, 6.07) is 7.67. The fourth-order valence-corrected chi connectivity index (χ4v) is 5.01. The number of ether oxygens (including phenoxy) is 4. The van der Waals surface area contributed by atoms with Gasteiger partial charge in [0, 0.05) is 13.2 Å². The van der Waals surface area contributed by atoms with Gasteiger partial charge in [0.05, 0.1) is 27.2 Å². The smallest absolute Gasteiger partial charge is 0.150 e. The molecule has 1 heterocycles. The molecule has 0 spiro atoms. The lowest BCUT2D eigenvalue weighted by Gasteiger charge is -2.14. The summed E-state index contributed by atoms with van der Waals surface area (Å²) in [5.74, 6) is 1.41. The number of thioether (sulfide) groups is 2. The Balaban J connectivity index is 2.05. The Labute approximate surface area is 187 Å². The fraction of sp³-hybridized carbons (Fsp3) is 0.545. The van der Waals surface area contributed by atoms with Gasteiger partial charge in [0.15, 0.2) is 0 Å². The molecule has 0 atom stereocenters. The van der Waals surface area contributed by atoms with E-state index in [4.69, 9.17) is 18.9 Å². The lowest BCUT2D eigenvalue weighted by molar-refractivity contribution is 0.0951. The highest BCUT2D eigenvalue weighted by molar-refractivity contribution is 8.24. The number of nitriles is 2. The zero-order chi connectivity index (χ0) is 21.6. The van der Waals surface area contributed by atoms with Crippen LogP contribution in [-0.4, -0.2) is 39.6 Å². The van der Waals surface area contributed by atoms with Crippen LogP contribution in [-0.2, 0) is 9.47 Å². The summed E-state index contributed by atoms with van der Waals surface area (Å²) in [5, 5.41) is 18.5. The molecular weight excluding hydrogens is 420 g/mol. The van der Waals surface area contributed by atoms with Gasteiger partial charge in [-0.15, -0.1) is 0 Å². The second-order valence-corrected chi connectivity index (χ2v) is 8.74. The predicted octanol–water partition coefficient (Wildman–Crippen LogP) is 5.53. The fourth-order valence-electron chi connectivity index (χ4n) is 2.49. The molecule has 0 aliphatic carbocycles. The number of rotatable bonds is 14. The van der Waals surface area contributed by atoms with Gasteiger partial charge >= 0.3 is 0 Å². The topological polar surface area (TPSA) is 84.5 Å². The molecule has 0 fully saturated rings. The summed E-state index contributed by atoms with van der Waals surface area (Å²) in [6.07, 6.45) is 4.27. The molecule has 0 unspecified atom stereocenters. The van der Waals surface area contributed by atoms with Crippen molar-refractivity contribution in [3.05, 3.63) is 21.9 Å². The zero-order valence-corrected chi connectivity index (χ0v) is 19.2. The second-order valence-electron chi connectivity index (χ2n) is 6.44. The third kappa shape index (κ3) is 7.45. The Morgan fingerprint density at radius 2 is 1.23 bits per heavy atom. The average molecular weight is 449 g/mol. The maximum atomic E-state index is 9.24. The van der Waals surface area contributed by atoms with E-state index in [9.17, 15) is 10.5 Å². The lowest BCUT2D eigenvalue weighted by atomic mass is 10.3. The van der Waals surface area contributed by atoms with Crippen molar-refractivity contribution >= 4 is 23.5 Å². The monoisotopic (exact) mass is 448 g/mol. The van der Waals surface area contributed by atoms with E-state index in [2.05, 4.69) is 13.8 Å². The Morgan fingerprint density at radius 1 is 0.767 bits per heavy atom. The van der Waals surface area contributed by atoms with Crippen LogP contribution in [0.15, 0.2) is 31.7 Å². The molecule has 0 bridgehead atoms. The average Bonchev–Trinajstić information content (AvgIpc) is 3.20. The molecule has 0 saturated heterocycles. The molecule has 1 aliphatic rings. The summed E-state index contributed by atoms with van der Waals surface area (Å²) in [7, 11) is 0. The molecule has 2 rings (SSSR count). The van der Waals surface area contributed by atoms with Gasteiger partial charge in [-0.1, -0.05) is 50.2 Å². The highest BCUT2D eigenvalue weighted by atomic mass is 32.2. The van der Waals surface area contributed by atoms with Gasteiger partial charge in [-0.25, -0.2) is 0 Å². The van der Waals surface area contributed by atoms with E-state index in [1.807, 2.05) is 24.3 Å². The Hall–Kier alpha value is -1.84. The van der Waals surface area contributed by atoms with Gasteiger partial charge in [-0.05, 0) is 25.0 Å². The van der Waals surface area contributed by atoms with E-state index in [0.29, 0.717) is 42.2 Å². The van der Waals surface area contributed by atoms with Gasteiger partial charge < -0.3 is 18.9 Å². The van der Waals surface area contributed by atoms with Crippen molar-refractivity contribution in [1.29, 1.82) is 10.5 Å². The van der Waals surface area contributed by atoms with Crippen LogP contribution in [0.25, 0.3) is 0 Å². The van der Waals surface area contributed by atoms with Gasteiger partial charge in [0.25, 0.3) is 0 Å². The van der Waals surface area contributed by atoms with Gasteiger partial charge in [-0.2, -0.15) is 10.5 Å². The maximum absolute atomic E-state index is 9.24. The minimum atomic E-state index is 0.101. The minimum Gasteiger partial charge on any atom is -0.490 e. The van der Waals surface area contributed by atoms with E-state index in [1.54, 1.807) is 0 Å². The van der Waals surface area contributed by atoms with Crippen LogP contribution >= 0.6 is 23.5 Å². The number of hydrogen-bond donors (Lipinski definition) is 0. The normalized spacial score (nSPS) is 12.2. The van der Waals surface area contributed by atoms with Crippen molar-refractivity contribution < 1.29 is 18.9 Å². The molecule has 6 nitrogen and oxygen atoms in total. The second kappa shape index (κ2) is 14.2. The first-order valence-corrected chi connectivity index (χ1v) is 11.9. The largest absolute Gasteiger partial charge is 0.490 e. The molecule has 0 saturated carbocycles. The molecule has 8 heteroatoms. The summed E-state index contributed by atoms with van der Waals surface area (Å²) >= 11 is 2.75. The van der Waals surface area contributed by atoms with Crippen LogP contribution in [0.5, 0.6) is 11.5 Å². The number of fused-ring (bicyclic) bond motifs is 1. The molecule has 0 radical (unpaired) electrons. The highest BCUT2D eigenvalue weighted by Crippen LogP contribution is 2.58. The molecule has 1 aromatic carbocycles. The Kier molecular flexibility index (Phi) is 11.6. The summed E-state index contributed by atoms with van der Waals surface area (Å²) in [4.78, 5) is 1.74. The van der Waals surface area contributed by atoms with E-state index >= 15 is 0 Å². The van der Waals surface area contributed by atoms with Crippen LogP contribution in [0.4, 0.5) is 0 Å². The summed E-state index contributed by atoms with van der Waals surface area (Å²) in [6.45, 7) is 7.63.